The Balaban J connectivity index is 2.39. The number of halogens is 1. The van der Waals surface area contributed by atoms with Crippen molar-refractivity contribution in [2.75, 3.05) is 11.4 Å². The minimum absolute atomic E-state index is 0.147. The van der Waals surface area contributed by atoms with Crippen molar-refractivity contribution in [3.05, 3.63) is 48.0 Å². The van der Waals surface area contributed by atoms with Gasteiger partial charge in [-0.2, -0.15) is 0 Å². The predicted octanol–water partition coefficient (Wildman–Crippen LogP) is 3.78. The lowest BCUT2D eigenvalue weighted by Crippen LogP contribution is -2.16. The molecule has 0 saturated heterocycles. The van der Waals surface area contributed by atoms with Gasteiger partial charge in [0.2, 0.25) is 5.88 Å². The standard InChI is InChI=1S/C14H14FNO2/c1-3-16(12-7-5-4-6-11(12)15)14-9-8-13(18-14)10(2)17/h4-9H,3H2,1-2H3. The van der Waals surface area contributed by atoms with Crippen LogP contribution in [0.5, 0.6) is 0 Å². The molecule has 94 valence electrons. The van der Waals surface area contributed by atoms with Crippen molar-refractivity contribution in [3.8, 4) is 0 Å². The van der Waals surface area contributed by atoms with Gasteiger partial charge in [0.05, 0.1) is 5.69 Å². The molecule has 0 aliphatic heterocycles. The molecule has 0 spiro atoms. The van der Waals surface area contributed by atoms with E-state index in [0.717, 1.165) is 0 Å². The molecular formula is C14H14FNO2. The number of carbonyl (C=O) groups excluding carboxylic acids is 1. The predicted molar refractivity (Wildman–Crippen MR) is 67.8 cm³/mol. The SMILES string of the molecule is CCN(c1ccc(C(C)=O)o1)c1ccccc1F. The fraction of sp³-hybridized carbons (Fsp3) is 0.214. The summed E-state index contributed by atoms with van der Waals surface area (Å²) in [6.07, 6.45) is 0. The molecule has 0 radical (unpaired) electrons. The van der Waals surface area contributed by atoms with E-state index in [1.165, 1.54) is 13.0 Å². The third-order valence-electron chi connectivity index (χ3n) is 2.66. The number of para-hydroxylation sites is 1. The summed E-state index contributed by atoms with van der Waals surface area (Å²) in [5, 5.41) is 0. The Morgan fingerprint density at radius 2 is 2.00 bits per heavy atom. The molecule has 0 unspecified atom stereocenters. The van der Waals surface area contributed by atoms with Gasteiger partial charge in [0.1, 0.15) is 5.82 Å². The van der Waals surface area contributed by atoms with Crippen molar-refractivity contribution in [1.29, 1.82) is 0 Å². The first-order valence-electron chi connectivity index (χ1n) is 5.76. The van der Waals surface area contributed by atoms with Gasteiger partial charge in [-0.05, 0) is 25.1 Å². The van der Waals surface area contributed by atoms with Crippen LogP contribution < -0.4 is 4.90 Å². The molecule has 4 heteroatoms. The van der Waals surface area contributed by atoms with Gasteiger partial charge in [-0.3, -0.25) is 4.79 Å². The topological polar surface area (TPSA) is 33.5 Å². The fourth-order valence-electron chi connectivity index (χ4n) is 1.78. The monoisotopic (exact) mass is 247 g/mol. The highest BCUT2D eigenvalue weighted by Crippen LogP contribution is 2.29. The van der Waals surface area contributed by atoms with E-state index in [9.17, 15) is 9.18 Å². The number of rotatable bonds is 4. The van der Waals surface area contributed by atoms with Crippen molar-refractivity contribution >= 4 is 17.4 Å². The summed E-state index contributed by atoms with van der Waals surface area (Å²) in [6.45, 7) is 3.87. The van der Waals surface area contributed by atoms with Gasteiger partial charge in [0, 0.05) is 19.5 Å². The number of hydrogen-bond acceptors (Lipinski definition) is 3. The zero-order chi connectivity index (χ0) is 13.1. The lowest BCUT2D eigenvalue weighted by atomic mass is 10.2. The molecule has 2 rings (SSSR count). The average Bonchev–Trinajstić information content (AvgIpc) is 2.82. The Kier molecular flexibility index (Phi) is 3.46. The zero-order valence-electron chi connectivity index (χ0n) is 10.3. The van der Waals surface area contributed by atoms with Gasteiger partial charge in [-0.1, -0.05) is 12.1 Å². The Labute approximate surface area is 105 Å². The molecule has 1 aromatic heterocycles. The lowest BCUT2D eigenvalue weighted by Gasteiger charge is -2.20. The van der Waals surface area contributed by atoms with E-state index >= 15 is 0 Å². The summed E-state index contributed by atoms with van der Waals surface area (Å²) >= 11 is 0. The number of furan rings is 1. The first kappa shape index (κ1) is 12.4. The molecule has 0 bridgehead atoms. The summed E-state index contributed by atoms with van der Waals surface area (Å²) < 4.78 is 19.1. The maximum atomic E-state index is 13.7. The molecular weight excluding hydrogens is 233 g/mol. The van der Waals surface area contributed by atoms with Crippen molar-refractivity contribution in [2.24, 2.45) is 0 Å². The third kappa shape index (κ3) is 2.27. The molecule has 1 aromatic carbocycles. The van der Waals surface area contributed by atoms with Crippen molar-refractivity contribution in [3.63, 3.8) is 0 Å². The van der Waals surface area contributed by atoms with Crippen LogP contribution in [-0.2, 0) is 0 Å². The van der Waals surface area contributed by atoms with Crippen LogP contribution in [0.15, 0.2) is 40.8 Å². The van der Waals surface area contributed by atoms with Crippen molar-refractivity contribution in [1.82, 2.24) is 0 Å². The van der Waals surface area contributed by atoms with Crippen LogP contribution in [-0.4, -0.2) is 12.3 Å². The zero-order valence-corrected chi connectivity index (χ0v) is 10.3. The van der Waals surface area contributed by atoms with Gasteiger partial charge in [-0.25, -0.2) is 4.39 Å². The first-order chi connectivity index (χ1) is 8.63. The second-order valence-corrected chi connectivity index (χ2v) is 3.89. The number of Topliss-reactive ketones (excluding diaryl/α,β-unsaturated/α-hetero) is 1. The maximum Gasteiger partial charge on any atom is 0.200 e. The minimum Gasteiger partial charge on any atom is -0.437 e. The number of anilines is 2. The largest absolute Gasteiger partial charge is 0.437 e. The third-order valence-corrected chi connectivity index (χ3v) is 2.66. The summed E-state index contributed by atoms with van der Waals surface area (Å²) in [7, 11) is 0. The van der Waals surface area contributed by atoms with E-state index in [1.54, 1.807) is 35.2 Å². The number of carbonyl (C=O) groups is 1. The number of benzene rings is 1. The molecule has 0 aliphatic carbocycles. The van der Waals surface area contributed by atoms with Gasteiger partial charge in [0.15, 0.2) is 11.5 Å². The molecule has 3 nitrogen and oxygen atoms in total. The van der Waals surface area contributed by atoms with Crippen LogP contribution in [0.3, 0.4) is 0 Å². The highest BCUT2D eigenvalue weighted by Gasteiger charge is 2.16. The van der Waals surface area contributed by atoms with E-state index in [0.29, 0.717) is 18.1 Å². The molecule has 0 atom stereocenters. The smallest absolute Gasteiger partial charge is 0.200 e. The summed E-state index contributed by atoms with van der Waals surface area (Å²) in [5.74, 6) is 0.276. The Bertz CT molecular complexity index is 562. The summed E-state index contributed by atoms with van der Waals surface area (Å²) in [5.41, 5.74) is 0.435. The second-order valence-electron chi connectivity index (χ2n) is 3.89. The molecule has 0 N–H and O–H groups in total. The lowest BCUT2D eigenvalue weighted by molar-refractivity contribution is 0.0988. The second kappa shape index (κ2) is 5.04. The van der Waals surface area contributed by atoms with Gasteiger partial charge in [0.25, 0.3) is 0 Å². The minimum atomic E-state index is -0.319. The van der Waals surface area contributed by atoms with Crippen molar-refractivity contribution in [2.45, 2.75) is 13.8 Å². The molecule has 2 aromatic rings. The molecule has 0 saturated carbocycles. The molecule has 0 aliphatic rings. The Morgan fingerprint density at radius 1 is 1.28 bits per heavy atom. The van der Waals surface area contributed by atoms with E-state index in [4.69, 9.17) is 4.42 Å². The molecule has 0 amide bonds. The molecule has 0 fully saturated rings. The van der Waals surface area contributed by atoms with Gasteiger partial charge >= 0.3 is 0 Å². The summed E-state index contributed by atoms with van der Waals surface area (Å²) in [6, 6.07) is 9.74. The van der Waals surface area contributed by atoms with Crippen LogP contribution in [0.4, 0.5) is 16.0 Å². The van der Waals surface area contributed by atoms with Gasteiger partial charge in [-0.15, -0.1) is 0 Å². The average molecular weight is 247 g/mol. The number of nitrogens with zero attached hydrogens (tertiary/aromatic N) is 1. The van der Waals surface area contributed by atoms with E-state index in [-0.39, 0.29) is 17.4 Å². The maximum absolute atomic E-state index is 13.7. The van der Waals surface area contributed by atoms with E-state index in [2.05, 4.69) is 0 Å². The summed E-state index contributed by atoms with van der Waals surface area (Å²) in [4.78, 5) is 12.9. The quantitative estimate of drug-likeness (QED) is 0.771. The van der Waals surface area contributed by atoms with Crippen LogP contribution in [0, 0.1) is 5.82 Å². The first-order valence-corrected chi connectivity index (χ1v) is 5.76. The van der Waals surface area contributed by atoms with Crippen LogP contribution in [0.1, 0.15) is 24.4 Å². The van der Waals surface area contributed by atoms with E-state index < -0.39 is 0 Å². The Morgan fingerprint density at radius 3 is 2.56 bits per heavy atom. The highest BCUT2D eigenvalue weighted by molar-refractivity contribution is 5.91. The van der Waals surface area contributed by atoms with E-state index in [1.807, 2.05) is 6.92 Å². The normalized spacial score (nSPS) is 10.4. The highest BCUT2D eigenvalue weighted by atomic mass is 19.1. The van der Waals surface area contributed by atoms with Gasteiger partial charge < -0.3 is 9.32 Å². The fourth-order valence-corrected chi connectivity index (χ4v) is 1.78. The van der Waals surface area contributed by atoms with Crippen molar-refractivity contribution < 1.29 is 13.6 Å². The molecule has 18 heavy (non-hydrogen) atoms. The van der Waals surface area contributed by atoms with Crippen LogP contribution >= 0.6 is 0 Å². The van der Waals surface area contributed by atoms with Crippen LogP contribution in [0.2, 0.25) is 0 Å². The van der Waals surface area contributed by atoms with Crippen LogP contribution in [0.25, 0.3) is 0 Å². The number of hydrogen-bond donors (Lipinski definition) is 0. The molecule has 1 heterocycles. The number of ketones is 1. The Hall–Kier alpha value is -2.10.